The number of rotatable bonds is 10. The van der Waals surface area contributed by atoms with Gasteiger partial charge in [0.25, 0.3) is 10.0 Å². The third kappa shape index (κ3) is 6.18. The van der Waals surface area contributed by atoms with E-state index < -0.39 is 26.7 Å². The first-order chi connectivity index (χ1) is 18.2. The zero-order valence-corrected chi connectivity index (χ0v) is 22.6. The molecule has 1 saturated carbocycles. The highest BCUT2D eigenvalue weighted by atomic mass is 32.2. The summed E-state index contributed by atoms with van der Waals surface area (Å²) >= 11 is 0. The van der Waals surface area contributed by atoms with Crippen LogP contribution in [-0.4, -0.2) is 26.6 Å². The van der Waals surface area contributed by atoms with Crippen LogP contribution in [0.2, 0.25) is 0 Å². The predicted molar refractivity (Wildman–Crippen MR) is 147 cm³/mol. The van der Waals surface area contributed by atoms with Crippen LogP contribution in [0.1, 0.15) is 73.7 Å². The van der Waals surface area contributed by atoms with Crippen molar-refractivity contribution >= 4 is 21.7 Å². The molecule has 6 nitrogen and oxygen atoms in total. The molecular formula is C30H34FNO5S. The highest BCUT2D eigenvalue weighted by Gasteiger charge is 2.25. The van der Waals surface area contributed by atoms with Gasteiger partial charge in [0.1, 0.15) is 10.6 Å². The Bertz CT molecular complexity index is 1380. The fraction of sp³-hybridized carbons (Fsp3) is 0.367. The molecule has 2 N–H and O–H groups in total. The van der Waals surface area contributed by atoms with E-state index in [2.05, 4.69) is 11.6 Å². The van der Waals surface area contributed by atoms with Crippen LogP contribution in [0.15, 0.2) is 65.6 Å². The summed E-state index contributed by atoms with van der Waals surface area (Å²) in [6.45, 7) is 2.23. The number of aromatic carboxylic acids is 1. The SMILES string of the molecule is CCCC[C@H]1CC[C@@H](c2ccc(-c3cccc(S(=O)(=O)Nc4ccc(C(=O)O)cc4OC)c3F)cc2)CC1. The van der Waals surface area contributed by atoms with E-state index in [1.54, 1.807) is 6.07 Å². The topological polar surface area (TPSA) is 92.7 Å². The molecule has 38 heavy (non-hydrogen) atoms. The van der Waals surface area contributed by atoms with Gasteiger partial charge in [-0.25, -0.2) is 17.6 Å². The number of unbranched alkanes of at least 4 members (excludes halogenated alkanes) is 1. The highest BCUT2D eigenvalue weighted by Crippen LogP contribution is 2.39. The number of methoxy groups -OCH3 is 1. The van der Waals surface area contributed by atoms with Gasteiger partial charge in [-0.3, -0.25) is 4.72 Å². The van der Waals surface area contributed by atoms with Gasteiger partial charge in [-0.2, -0.15) is 0 Å². The fourth-order valence-electron chi connectivity index (χ4n) is 5.26. The van der Waals surface area contributed by atoms with E-state index in [1.807, 2.05) is 24.3 Å². The predicted octanol–water partition coefficient (Wildman–Crippen LogP) is 7.46. The Morgan fingerprint density at radius 3 is 2.39 bits per heavy atom. The van der Waals surface area contributed by atoms with Crippen LogP contribution >= 0.6 is 0 Å². The van der Waals surface area contributed by atoms with Crippen LogP contribution in [0.25, 0.3) is 11.1 Å². The van der Waals surface area contributed by atoms with Gasteiger partial charge in [-0.1, -0.05) is 62.6 Å². The normalized spacial score (nSPS) is 17.7. The van der Waals surface area contributed by atoms with E-state index >= 15 is 4.39 Å². The summed E-state index contributed by atoms with van der Waals surface area (Å²) in [5.74, 6) is -0.689. The first-order valence-electron chi connectivity index (χ1n) is 13.1. The second-order valence-electron chi connectivity index (χ2n) is 9.93. The van der Waals surface area contributed by atoms with E-state index in [-0.39, 0.29) is 22.6 Å². The molecule has 0 amide bonds. The Balaban J connectivity index is 1.53. The Morgan fingerprint density at radius 2 is 1.76 bits per heavy atom. The van der Waals surface area contributed by atoms with Gasteiger partial charge in [-0.05, 0) is 72.9 Å². The molecule has 0 atom stereocenters. The number of carboxylic acid groups (broad SMARTS) is 1. The Hall–Kier alpha value is -3.39. The lowest BCUT2D eigenvalue weighted by Crippen LogP contribution is -2.16. The number of anilines is 1. The Morgan fingerprint density at radius 1 is 1.05 bits per heavy atom. The molecule has 3 aromatic carbocycles. The van der Waals surface area contributed by atoms with E-state index in [0.29, 0.717) is 11.5 Å². The summed E-state index contributed by atoms with van der Waals surface area (Å²) in [5.41, 5.74) is 1.98. The standard InChI is InChI=1S/C30H34FNO5S/c1-3-4-6-20-9-11-21(12-10-20)22-13-15-23(16-14-22)25-7-5-8-28(29(25)31)38(35,36)32-26-18-17-24(30(33)34)19-27(26)37-2/h5,7-8,13-21,32H,3-4,6,9-12H2,1-2H3,(H,33,34)/t20-,21+. The molecule has 0 spiro atoms. The molecule has 0 radical (unpaired) electrons. The summed E-state index contributed by atoms with van der Waals surface area (Å²) in [6.07, 6.45) is 8.68. The summed E-state index contributed by atoms with van der Waals surface area (Å²) < 4.78 is 49.3. The van der Waals surface area contributed by atoms with Gasteiger partial charge in [0, 0.05) is 5.56 Å². The zero-order chi connectivity index (χ0) is 27.3. The van der Waals surface area contributed by atoms with Gasteiger partial charge in [-0.15, -0.1) is 0 Å². The zero-order valence-electron chi connectivity index (χ0n) is 21.7. The largest absolute Gasteiger partial charge is 0.495 e. The van der Waals surface area contributed by atoms with E-state index in [0.717, 1.165) is 5.92 Å². The summed E-state index contributed by atoms with van der Waals surface area (Å²) in [4.78, 5) is 10.7. The fourth-order valence-corrected chi connectivity index (χ4v) is 6.43. The molecule has 1 aliphatic carbocycles. The molecule has 1 aliphatic rings. The summed E-state index contributed by atoms with van der Waals surface area (Å²) in [5, 5.41) is 9.17. The number of sulfonamides is 1. The Kier molecular flexibility index (Phi) is 8.72. The third-order valence-corrected chi connectivity index (χ3v) is 8.83. The number of carbonyl (C=O) groups is 1. The van der Waals surface area contributed by atoms with Crippen LogP contribution in [-0.2, 0) is 10.0 Å². The van der Waals surface area contributed by atoms with Crippen molar-refractivity contribution in [3.63, 3.8) is 0 Å². The summed E-state index contributed by atoms with van der Waals surface area (Å²) in [7, 11) is -3.04. The van der Waals surface area contributed by atoms with Crippen molar-refractivity contribution in [2.45, 2.75) is 62.7 Å². The molecule has 8 heteroatoms. The van der Waals surface area contributed by atoms with E-state index in [9.17, 15) is 13.2 Å². The number of hydrogen-bond acceptors (Lipinski definition) is 4. The van der Waals surface area contributed by atoms with Gasteiger partial charge < -0.3 is 9.84 Å². The third-order valence-electron chi connectivity index (χ3n) is 7.45. The second-order valence-corrected chi connectivity index (χ2v) is 11.6. The average molecular weight is 540 g/mol. The van der Waals surface area contributed by atoms with Crippen LogP contribution in [0, 0.1) is 11.7 Å². The number of hydrogen-bond donors (Lipinski definition) is 2. The van der Waals surface area contributed by atoms with Crippen molar-refractivity contribution in [1.82, 2.24) is 0 Å². The van der Waals surface area contributed by atoms with Gasteiger partial charge >= 0.3 is 5.97 Å². The van der Waals surface area contributed by atoms with Crippen LogP contribution in [0.5, 0.6) is 5.75 Å². The monoisotopic (exact) mass is 539 g/mol. The van der Waals surface area contributed by atoms with Gasteiger partial charge in [0.15, 0.2) is 5.82 Å². The molecule has 0 heterocycles. The number of ether oxygens (including phenoxy) is 1. The minimum atomic E-state index is -4.33. The number of nitrogens with one attached hydrogen (secondary N) is 1. The molecule has 3 aromatic rings. The number of halogens is 1. The lowest BCUT2D eigenvalue weighted by Gasteiger charge is -2.29. The first-order valence-corrected chi connectivity index (χ1v) is 14.5. The van der Waals surface area contributed by atoms with Gasteiger partial charge in [0.05, 0.1) is 18.4 Å². The van der Waals surface area contributed by atoms with Crippen molar-refractivity contribution in [3.05, 3.63) is 77.6 Å². The molecule has 1 fully saturated rings. The molecule has 202 valence electrons. The smallest absolute Gasteiger partial charge is 0.335 e. The van der Waals surface area contributed by atoms with Crippen LogP contribution < -0.4 is 9.46 Å². The highest BCUT2D eigenvalue weighted by molar-refractivity contribution is 7.92. The number of benzene rings is 3. The van der Waals surface area contributed by atoms with Crippen molar-refractivity contribution in [2.24, 2.45) is 5.92 Å². The minimum Gasteiger partial charge on any atom is -0.495 e. The molecule has 4 rings (SSSR count). The molecular weight excluding hydrogens is 505 g/mol. The van der Waals surface area contributed by atoms with Crippen LogP contribution in [0.4, 0.5) is 10.1 Å². The average Bonchev–Trinajstić information content (AvgIpc) is 2.92. The maximum Gasteiger partial charge on any atom is 0.335 e. The van der Waals surface area contributed by atoms with Gasteiger partial charge in [0.2, 0.25) is 0 Å². The quantitative estimate of drug-likeness (QED) is 0.279. The van der Waals surface area contributed by atoms with Crippen molar-refractivity contribution in [2.75, 3.05) is 11.8 Å². The lowest BCUT2D eigenvalue weighted by molar-refractivity contribution is 0.0696. The van der Waals surface area contributed by atoms with Crippen LogP contribution in [0.3, 0.4) is 0 Å². The van der Waals surface area contributed by atoms with E-state index in [4.69, 9.17) is 9.84 Å². The first kappa shape index (κ1) is 27.6. The molecule has 0 aliphatic heterocycles. The molecule has 0 bridgehead atoms. The lowest BCUT2D eigenvalue weighted by atomic mass is 9.77. The second kappa shape index (κ2) is 12.0. The summed E-state index contributed by atoms with van der Waals surface area (Å²) in [6, 6.07) is 15.7. The molecule has 0 unspecified atom stereocenters. The Labute approximate surface area is 223 Å². The maximum absolute atomic E-state index is 15.6. The molecule has 0 aromatic heterocycles. The maximum atomic E-state index is 15.6. The van der Waals surface area contributed by atoms with Crippen molar-refractivity contribution in [1.29, 1.82) is 0 Å². The minimum absolute atomic E-state index is 0.0103. The van der Waals surface area contributed by atoms with Crippen molar-refractivity contribution < 1.29 is 27.4 Å². The van der Waals surface area contributed by atoms with E-state index in [1.165, 1.54) is 88.0 Å². The molecule has 0 saturated heterocycles. The number of carboxylic acids is 1. The van der Waals surface area contributed by atoms with Crippen molar-refractivity contribution in [3.8, 4) is 16.9 Å².